The van der Waals surface area contributed by atoms with Gasteiger partial charge in [-0.05, 0) is 44.4 Å². The monoisotopic (exact) mass is 282 g/mol. The Hall–Kier alpha value is -2.36. The maximum absolute atomic E-state index is 12.2. The van der Waals surface area contributed by atoms with Crippen molar-refractivity contribution in [3.05, 3.63) is 47.9 Å². The predicted molar refractivity (Wildman–Crippen MR) is 81.9 cm³/mol. The summed E-state index contributed by atoms with van der Waals surface area (Å²) in [6.45, 7) is 3.89. The van der Waals surface area contributed by atoms with Gasteiger partial charge in [-0.3, -0.25) is 4.79 Å². The van der Waals surface area contributed by atoms with Crippen LogP contribution in [0.15, 0.2) is 41.0 Å². The van der Waals surface area contributed by atoms with E-state index in [0.29, 0.717) is 5.89 Å². The van der Waals surface area contributed by atoms with Crippen LogP contribution in [-0.4, -0.2) is 10.9 Å². The van der Waals surface area contributed by atoms with Crippen molar-refractivity contribution in [1.29, 1.82) is 0 Å². The Balaban J connectivity index is 1.83. The van der Waals surface area contributed by atoms with Gasteiger partial charge in [0.25, 0.3) is 0 Å². The average Bonchev–Trinajstić information content (AvgIpc) is 3.12. The standard InChI is InChI=1S/C17H18N2O2/c1-11-7-8-14(19-16(20)13-5-3-4-6-13)9-15(11)17-18-12(2)10-21-17/h3,5,7-10,13H,4,6H2,1-2H3,(H,19,20). The molecule has 0 saturated heterocycles. The molecule has 0 spiro atoms. The third-order valence-corrected chi connectivity index (χ3v) is 3.70. The van der Waals surface area contributed by atoms with Crippen molar-refractivity contribution < 1.29 is 9.21 Å². The third kappa shape index (κ3) is 2.89. The van der Waals surface area contributed by atoms with Crippen molar-refractivity contribution in [2.24, 2.45) is 5.92 Å². The molecule has 1 N–H and O–H groups in total. The first-order valence-electron chi connectivity index (χ1n) is 7.14. The second-order valence-electron chi connectivity index (χ2n) is 5.42. The molecule has 0 fully saturated rings. The Morgan fingerprint density at radius 1 is 1.38 bits per heavy atom. The van der Waals surface area contributed by atoms with E-state index in [-0.39, 0.29) is 11.8 Å². The smallest absolute Gasteiger partial charge is 0.231 e. The normalized spacial score (nSPS) is 17.1. The molecule has 1 aliphatic carbocycles. The molecule has 21 heavy (non-hydrogen) atoms. The summed E-state index contributed by atoms with van der Waals surface area (Å²) >= 11 is 0. The van der Waals surface area contributed by atoms with Crippen molar-refractivity contribution in [3.63, 3.8) is 0 Å². The molecular weight excluding hydrogens is 264 g/mol. The van der Waals surface area contributed by atoms with Gasteiger partial charge in [-0.2, -0.15) is 0 Å². The number of nitrogens with one attached hydrogen (secondary N) is 1. The molecule has 0 saturated carbocycles. The minimum atomic E-state index is -0.0151. The first kappa shape index (κ1) is 13.6. The number of carbonyl (C=O) groups is 1. The van der Waals surface area contributed by atoms with E-state index in [0.717, 1.165) is 35.3 Å². The van der Waals surface area contributed by atoms with Gasteiger partial charge in [0.05, 0.1) is 11.6 Å². The van der Waals surface area contributed by atoms with E-state index in [4.69, 9.17) is 4.42 Å². The fourth-order valence-electron chi connectivity index (χ4n) is 2.49. The van der Waals surface area contributed by atoms with Crippen LogP contribution in [-0.2, 0) is 4.79 Å². The molecule has 3 rings (SSSR count). The zero-order chi connectivity index (χ0) is 14.8. The summed E-state index contributed by atoms with van der Waals surface area (Å²) in [7, 11) is 0. The van der Waals surface area contributed by atoms with Crippen molar-refractivity contribution in [1.82, 2.24) is 4.98 Å². The summed E-state index contributed by atoms with van der Waals surface area (Å²) < 4.78 is 5.46. The number of benzene rings is 1. The number of amides is 1. The molecule has 1 unspecified atom stereocenters. The van der Waals surface area contributed by atoms with Crippen LogP contribution in [0, 0.1) is 19.8 Å². The minimum absolute atomic E-state index is 0.0151. The van der Waals surface area contributed by atoms with Crippen LogP contribution in [0.2, 0.25) is 0 Å². The van der Waals surface area contributed by atoms with Crippen LogP contribution in [0.5, 0.6) is 0 Å². The van der Waals surface area contributed by atoms with Crippen LogP contribution in [0.1, 0.15) is 24.1 Å². The van der Waals surface area contributed by atoms with Crippen LogP contribution >= 0.6 is 0 Å². The fraction of sp³-hybridized carbons (Fsp3) is 0.294. The molecule has 1 atom stereocenters. The van der Waals surface area contributed by atoms with Crippen LogP contribution in [0.25, 0.3) is 11.5 Å². The first-order valence-corrected chi connectivity index (χ1v) is 7.14. The Morgan fingerprint density at radius 3 is 2.90 bits per heavy atom. The van der Waals surface area contributed by atoms with E-state index in [1.807, 2.05) is 38.1 Å². The number of rotatable bonds is 3. The Morgan fingerprint density at radius 2 is 2.24 bits per heavy atom. The lowest BCUT2D eigenvalue weighted by atomic mass is 10.1. The molecule has 0 radical (unpaired) electrons. The van der Waals surface area contributed by atoms with E-state index in [9.17, 15) is 4.79 Å². The molecule has 1 heterocycles. The lowest BCUT2D eigenvalue weighted by Crippen LogP contribution is -2.19. The van der Waals surface area contributed by atoms with E-state index >= 15 is 0 Å². The molecule has 1 amide bonds. The van der Waals surface area contributed by atoms with Gasteiger partial charge < -0.3 is 9.73 Å². The molecule has 1 aromatic heterocycles. The number of hydrogen-bond acceptors (Lipinski definition) is 3. The number of oxazole rings is 1. The van der Waals surface area contributed by atoms with E-state index in [1.54, 1.807) is 6.26 Å². The number of carbonyl (C=O) groups excluding carboxylic acids is 1. The minimum Gasteiger partial charge on any atom is -0.444 e. The largest absolute Gasteiger partial charge is 0.444 e. The van der Waals surface area contributed by atoms with Gasteiger partial charge in [0, 0.05) is 11.3 Å². The van der Waals surface area contributed by atoms with Gasteiger partial charge in [0.1, 0.15) is 6.26 Å². The van der Waals surface area contributed by atoms with Crippen LogP contribution in [0.3, 0.4) is 0 Å². The van der Waals surface area contributed by atoms with E-state index < -0.39 is 0 Å². The second kappa shape index (κ2) is 5.56. The van der Waals surface area contributed by atoms with Crippen molar-refractivity contribution in [2.45, 2.75) is 26.7 Å². The van der Waals surface area contributed by atoms with Gasteiger partial charge in [-0.1, -0.05) is 18.2 Å². The number of anilines is 1. The number of nitrogens with zero attached hydrogens (tertiary/aromatic N) is 1. The number of hydrogen-bond donors (Lipinski definition) is 1. The quantitative estimate of drug-likeness (QED) is 0.870. The highest BCUT2D eigenvalue weighted by molar-refractivity contribution is 5.94. The van der Waals surface area contributed by atoms with Gasteiger partial charge in [0.2, 0.25) is 11.8 Å². The van der Waals surface area contributed by atoms with Gasteiger partial charge >= 0.3 is 0 Å². The summed E-state index contributed by atoms with van der Waals surface area (Å²) in [4.78, 5) is 16.5. The molecule has 4 nitrogen and oxygen atoms in total. The summed E-state index contributed by atoms with van der Waals surface area (Å²) in [5.74, 6) is 0.614. The maximum Gasteiger partial charge on any atom is 0.231 e. The number of aromatic nitrogens is 1. The van der Waals surface area contributed by atoms with Crippen molar-refractivity contribution in [3.8, 4) is 11.5 Å². The number of allylic oxidation sites excluding steroid dienone is 1. The first-order chi connectivity index (χ1) is 10.1. The molecule has 108 valence electrons. The van der Waals surface area contributed by atoms with E-state index in [1.165, 1.54) is 0 Å². The average molecular weight is 282 g/mol. The Labute approximate surface area is 123 Å². The molecular formula is C17H18N2O2. The fourth-order valence-corrected chi connectivity index (χ4v) is 2.49. The highest BCUT2D eigenvalue weighted by atomic mass is 16.3. The Bertz CT molecular complexity index is 701. The Kier molecular flexibility index (Phi) is 3.60. The zero-order valence-electron chi connectivity index (χ0n) is 12.2. The third-order valence-electron chi connectivity index (χ3n) is 3.70. The van der Waals surface area contributed by atoms with Gasteiger partial charge in [-0.15, -0.1) is 0 Å². The maximum atomic E-state index is 12.2. The lowest BCUT2D eigenvalue weighted by Gasteiger charge is -2.11. The van der Waals surface area contributed by atoms with Crippen LogP contribution < -0.4 is 5.32 Å². The van der Waals surface area contributed by atoms with Crippen LogP contribution in [0.4, 0.5) is 5.69 Å². The lowest BCUT2D eigenvalue weighted by molar-refractivity contribution is -0.118. The predicted octanol–water partition coefficient (Wildman–Crippen LogP) is 3.86. The van der Waals surface area contributed by atoms with Crippen molar-refractivity contribution >= 4 is 11.6 Å². The molecule has 1 aliphatic rings. The molecule has 2 aromatic rings. The van der Waals surface area contributed by atoms with Gasteiger partial charge in [0.15, 0.2) is 0 Å². The van der Waals surface area contributed by atoms with Crippen molar-refractivity contribution in [2.75, 3.05) is 5.32 Å². The molecule has 4 heteroatoms. The second-order valence-corrected chi connectivity index (χ2v) is 5.42. The number of aryl methyl sites for hydroxylation is 2. The summed E-state index contributed by atoms with van der Waals surface area (Å²) in [5, 5.41) is 2.97. The highest BCUT2D eigenvalue weighted by Crippen LogP contribution is 2.27. The zero-order valence-corrected chi connectivity index (χ0v) is 12.2. The summed E-state index contributed by atoms with van der Waals surface area (Å²) in [5.41, 5.74) is 3.59. The molecule has 1 aromatic carbocycles. The summed E-state index contributed by atoms with van der Waals surface area (Å²) in [6.07, 6.45) is 7.53. The molecule has 0 bridgehead atoms. The SMILES string of the molecule is Cc1coc(-c2cc(NC(=O)C3C=CCC3)ccc2C)n1. The summed E-state index contributed by atoms with van der Waals surface area (Å²) in [6, 6.07) is 5.79. The topological polar surface area (TPSA) is 55.1 Å². The van der Waals surface area contributed by atoms with Gasteiger partial charge in [-0.25, -0.2) is 4.98 Å². The van der Waals surface area contributed by atoms with E-state index in [2.05, 4.69) is 16.4 Å². The highest BCUT2D eigenvalue weighted by Gasteiger charge is 2.18. The molecule has 0 aliphatic heterocycles.